The van der Waals surface area contributed by atoms with Crippen LogP contribution in [-0.2, 0) is 11.0 Å². The second-order valence-electron chi connectivity index (χ2n) is 5.01. The molecule has 2 saturated heterocycles. The normalized spacial score (nSPS) is 23.1. The monoisotopic (exact) mass is 325 g/mol. The number of alkyl halides is 3. The van der Waals surface area contributed by atoms with Crippen molar-refractivity contribution in [3.8, 4) is 0 Å². The van der Waals surface area contributed by atoms with Crippen molar-refractivity contribution in [3.05, 3.63) is 17.6 Å². The molecule has 0 saturated carbocycles. The number of piperazine rings is 1. The zero-order valence-electron chi connectivity index (χ0n) is 11.2. The second kappa shape index (κ2) is 5.51. The molecule has 2 fully saturated rings. The molecule has 2 aliphatic rings. The molecule has 21 heavy (non-hydrogen) atoms. The van der Waals surface area contributed by atoms with Crippen LogP contribution >= 0.6 is 12.4 Å². The van der Waals surface area contributed by atoms with Gasteiger partial charge in [-0.15, -0.1) is 12.4 Å². The molecule has 9 heteroatoms. The lowest BCUT2D eigenvalue weighted by atomic mass is 10.2. The lowest BCUT2D eigenvalue weighted by Crippen LogP contribution is -2.50. The van der Waals surface area contributed by atoms with Gasteiger partial charge in [-0.3, -0.25) is 14.6 Å². The van der Waals surface area contributed by atoms with E-state index in [0.717, 1.165) is 11.4 Å². The number of halogens is 4. The van der Waals surface area contributed by atoms with E-state index in [2.05, 4.69) is 5.32 Å². The third-order valence-electron chi connectivity index (χ3n) is 3.61. The van der Waals surface area contributed by atoms with Crippen molar-refractivity contribution in [2.45, 2.75) is 19.1 Å². The Bertz CT molecular complexity index is 546. The molecule has 0 spiro atoms. The van der Waals surface area contributed by atoms with E-state index in [1.807, 2.05) is 4.90 Å². The van der Waals surface area contributed by atoms with Crippen LogP contribution in [0, 0.1) is 6.92 Å². The number of aryl methyl sites for hydroxylation is 1. The van der Waals surface area contributed by atoms with E-state index in [9.17, 15) is 18.0 Å². The van der Waals surface area contributed by atoms with Crippen molar-refractivity contribution in [1.82, 2.24) is 10.2 Å². The predicted molar refractivity (Wildman–Crippen MR) is 71.4 cm³/mol. The van der Waals surface area contributed by atoms with Gasteiger partial charge in [-0.2, -0.15) is 13.2 Å². The van der Waals surface area contributed by atoms with Crippen molar-refractivity contribution >= 4 is 24.0 Å². The highest BCUT2D eigenvalue weighted by atomic mass is 35.5. The predicted octanol–water partition coefficient (Wildman–Crippen LogP) is 1.61. The Kier molecular flexibility index (Phi) is 4.23. The maximum Gasteiger partial charge on any atom is 0.451 e. The van der Waals surface area contributed by atoms with Gasteiger partial charge in [0, 0.05) is 25.7 Å². The molecule has 0 aromatic carbocycles. The third kappa shape index (κ3) is 2.75. The van der Waals surface area contributed by atoms with Gasteiger partial charge in [0.1, 0.15) is 11.8 Å². The van der Waals surface area contributed by atoms with Gasteiger partial charge in [-0.25, -0.2) is 0 Å². The summed E-state index contributed by atoms with van der Waals surface area (Å²) >= 11 is 0. The van der Waals surface area contributed by atoms with Crippen LogP contribution in [0.15, 0.2) is 10.5 Å². The average molecular weight is 326 g/mol. The van der Waals surface area contributed by atoms with Gasteiger partial charge >= 0.3 is 6.18 Å². The molecule has 0 radical (unpaired) electrons. The fourth-order valence-electron chi connectivity index (χ4n) is 2.69. The zero-order valence-corrected chi connectivity index (χ0v) is 12.1. The highest BCUT2D eigenvalue weighted by Crippen LogP contribution is 2.40. The van der Waals surface area contributed by atoms with Crippen LogP contribution < -0.4 is 10.2 Å². The minimum absolute atomic E-state index is 0. The van der Waals surface area contributed by atoms with E-state index in [4.69, 9.17) is 4.42 Å². The zero-order chi connectivity index (χ0) is 14.5. The van der Waals surface area contributed by atoms with Crippen LogP contribution in [0.25, 0.3) is 0 Å². The number of nitrogens with one attached hydrogen (secondary N) is 1. The van der Waals surface area contributed by atoms with Crippen molar-refractivity contribution in [2.24, 2.45) is 0 Å². The number of nitrogens with zero attached hydrogens (tertiary/aromatic N) is 2. The first-order chi connectivity index (χ1) is 9.38. The first-order valence-electron chi connectivity index (χ1n) is 6.31. The molecule has 5 nitrogen and oxygen atoms in total. The van der Waals surface area contributed by atoms with E-state index in [1.165, 1.54) is 13.0 Å². The number of hydrogen-bond donors (Lipinski definition) is 1. The van der Waals surface area contributed by atoms with Gasteiger partial charge in [0.2, 0.25) is 11.7 Å². The fourth-order valence-corrected chi connectivity index (χ4v) is 2.69. The first-order valence-corrected chi connectivity index (χ1v) is 6.31. The molecule has 0 aliphatic carbocycles. The summed E-state index contributed by atoms with van der Waals surface area (Å²) in [5.41, 5.74) is -0.186. The molecule has 1 atom stereocenters. The van der Waals surface area contributed by atoms with Crippen LogP contribution in [0.1, 0.15) is 11.5 Å². The number of fused-ring (bicyclic) bond motifs is 1. The number of anilines is 1. The molecule has 0 bridgehead atoms. The van der Waals surface area contributed by atoms with E-state index in [1.54, 1.807) is 0 Å². The summed E-state index contributed by atoms with van der Waals surface area (Å²) in [5, 5.41) is 3.07. The lowest BCUT2D eigenvalue weighted by Gasteiger charge is -2.26. The molecular weight excluding hydrogens is 311 g/mol. The highest BCUT2D eigenvalue weighted by Gasteiger charge is 2.46. The van der Waals surface area contributed by atoms with E-state index in [-0.39, 0.29) is 42.5 Å². The van der Waals surface area contributed by atoms with Crippen LogP contribution in [0.2, 0.25) is 0 Å². The number of carbonyl (C=O) groups excluding carboxylic acids is 1. The van der Waals surface area contributed by atoms with Gasteiger partial charge in [0.25, 0.3) is 0 Å². The first kappa shape index (κ1) is 16.1. The summed E-state index contributed by atoms with van der Waals surface area (Å²) in [5.74, 6) is -1.28. The van der Waals surface area contributed by atoms with Crippen molar-refractivity contribution in [1.29, 1.82) is 0 Å². The minimum Gasteiger partial charge on any atom is -0.455 e. The Hall–Kier alpha value is -1.25. The summed E-state index contributed by atoms with van der Waals surface area (Å²) in [6, 6.07) is 0.882. The van der Waals surface area contributed by atoms with Crippen molar-refractivity contribution in [2.75, 3.05) is 31.2 Å². The number of hydrogen-bond acceptors (Lipinski definition) is 4. The Morgan fingerprint density at radius 3 is 2.76 bits per heavy atom. The lowest BCUT2D eigenvalue weighted by molar-refractivity contribution is -0.152. The molecule has 1 aromatic rings. The van der Waals surface area contributed by atoms with Crippen molar-refractivity contribution in [3.63, 3.8) is 0 Å². The third-order valence-corrected chi connectivity index (χ3v) is 3.61. The average Bonchev–Trinajstić information content (AvgIpc) is 2.91. The quantitative estimate of drug-likeness (QED) is 0.852. The van der Waals surface area contributed by atoms with Gasteiger partial charge in [-0.05, 0) is 6.92 Å². The van der Waals surface area contributed by atoms with Crippen LogP contribution in [0.4, 0.5) is 18.9 Å². The summed E-state index contributed by atoms with van der Waals surface area (Å²) in [4.78, 5) is 15.3. The number of carbonyl (C=O) groups is 1. The molecular formula is C12H15ClF3N3O2. The fraction of sp³-hybridized carbons (Fsp3) is 0.583. The van der Waals surface area contributed by atoms with Crippen LogP contribution in [0.5, 0.6) is 0 Å². The maximum atomic E-state index is 13.0. The summed E-state index contributed by atoms with van der Waals surface area (Å²) in [7, 11) is 0. The highest BCUT2D eigenvalue weighted by molar-refractivity contribution is 6.00. The Morgan fingerprint density at radius 1 is 1.43 bits per heavy atom. The molecule has 1 unspecified atom stereocenters. The van der Waals surface area contributed by atoms with Gasteiger partial charge in [0.15, 0.2) is 0 Å². The van der Waals surface area contributed by atoms with E-state index >= 15 is 0 Å². The van der Waals surface area contributed by atoms with Crippen LogP contribution in [0.3, 0.4) is 0 Å². The molecule has 2 aliphatic heterocycles. The number of rotatable bonds is 1. The molecule has 1 N–H and O–H groups in total. The SMILES string of the molecule is Cc1cc(N2CN3CCNCC3C2=O)c(C(F)(F)F)o1.Cl. The molecule has 3 heterocycles. The Balaban J connectivity index is 0.00000161. The number of amides is 1. The smallest absolute Gasteiger partial charge is 0.451 e. The largest absolute Gasteiger partial charge is 0.455 e. The Morgan fingerprint density at radius 2 is 2.14 bits per heavy atom. The molecule has 1 amide bonds. The second-order valence-corrected chi connectivity index (χ2v) is 5.01. The standard InChI is InChI=1S/C12H14F3N3O2.ClH/c1-7-4-8(10(20-7)12(13,14)15)18-6-17-3-2-16-5-9(17)11(18)19;/h4,9,16H,2-3,5-6H2,1H3;1H. The Labute approximate surface area is 125 Å². The summed E-state index contributed by atoms with van der Waals surface area (Å²) in [6.07, 6.45) is -4.61. The van der Waals surface area contributed by atoms with Gasteiger partial charge in [-0.1, -0.05) is 0 Å². The van der Waals surface area contributed by atoms with E-state index < -0.39 is 11.9 Å². The van der Waals surface area contributed by atoms with Crippen molar-refractivity contribution < 1.29 is 22.4 Å². The van der Waals surface area contributed by atoms with E-state index in [0.29, 0.717) is 13.1 Å². The van der Waals surface area contributed by atoms with Gasteiger partial charge < -0.3 is 9.73 Å². The number of furan rings is 1. The minimum atomic E-state index is -4.61. The molecule has 1 aromatic heterocycles. The molecule has 118 valence electrons. The molecule has 3 rings (SSSR count). The summed E-state index contributed by atoms with van der Waals surface area (Å²) < 4.78 is 43.6. The van der Waals surface area contributed by atoms with Crippen LogP contribution in [-0.4, -0.2) is 43.2 Å². The maximum absolute atomic E-state index is 13.0. The summed E-state index contributed by atoms with van der Waals surface area (Å²) in [6.45, 7) is 3.45. The van der Waals surface area contributed by atoms with Gasteiger partial charge in [0.05, 0.1) is 12.4 Å². The topological polar surface area (TPSA) is 48.7 Å².